The molecule has 1 N–H and O–H groups in total. The van der Waals surface area contributed by atoms with E-state index in [1.165, 1.54) is 25.2 Å². The van der Waals surface area contributed by atoms with Crippen LogP contribution in [0.1, 0.15) is 5.56 Å². The van der Waals surface area contributed by atoms with Crippen molar-refractivity contribution in [3.63, 3.8) is 0 Å². The van der Waals surface area contributed by atoms with Crippen molar-refractivity contribution in [2.24, 2.45) is 0 Å². The Morgan fingerprint density at radius 3 is 2.62 bits per heavy atom. The van der Waals surface area contributed by atoms with Gasteiger partial charge in [0.05, 0.1) is 0 Å². The van der Waals surface area contributed by atoms with Gasteiger partial charge in [-0.25, -0.2) is 9.18 Å². The minimum Gasteiger partial charge on any atom is -0.465 e. The van der Waals surface area contributed by atoms with Crippen LogP contribution in [0.2, 0.25) is 0 Å². The van der Waals surface area contributed by atoms with Crippen LogP contribution in [0.5, 0.6) is 0 Å². The normalized spacial score (nSPS) is 9.77. The fourth-order valence-electron chi connectivity index (χ4n) is 0.948. The third kappa shape index (κ3) is 1.96. The summed E-state index contributed by atoms with van der Waals surface area (Å²) in [6, 6.07) is 4.17. The molecule has 0 aromatic heterocycles. The van der Waals surface area contributed by atoms with Crippen LogP contribution in [0.25, 0.3) is 0 Å². The molecule has 0 atom stereocenters. The van der Waals surface area contributed by atoms with E-state index in [1.807, 2.05) is 0 Å². The summed E-state index contributed by atoms with van der Waals surface area (Å²) in [4.78, 5) is 11.6. The Kier molecular flexibility index (Phi) is 2.51. The lowest BCUT2D eigenvalue weighted by Gasteiger charge is -2.13. The Morgan fingerprint density at radius 2 is 2.15 bits per heavy atom. The van der Waals surface area contributed by atoms with Gasteiger partial charge < -0.3 is 5.11 Å². The molecule has 0 aliphatic heterocycles. The van der Waals surface area contributed by atoms with Crippen LogP contribution in [0.3, 0.4) is 0 Å². The molecule has 0 fully saturated rings. The summed E-state index contributed by atoms with van der Waals surface area (Å²) >= 11 is 0. The smallest absolute Gasteiger partial charge is 0.411 e. The highest BCUT2D eigenvalue weighted by molar-refractivity contribution is 5.85. The molecule has 4 heteroatoms. The lowest BCUT2D eigenvalue weighted by Crippen LogP contribution is -2.23. The van der Waals surface area contributed by atoms with Crippen LogP contribution in [0.4, 0.5) is 14.9 Å². The van der Waals surface area contributed by atoms with E-state index in [9.17, 15) is 9.18 Å². The summed E-state index contributed by atoms with van der Waals surface area (Å²) in [5.41, 5.74) is 0.900. The maximum absolute atomic E-state index is 12.8. The van der Waals surface area contributed by atoms with Crippen molar-refractivity contribution >= 4 is 11.8 Å². The summed E-state index contributed by atoms with van der Waals surface area (Å²) in [6.45, 7) is 1.59. The number of carbonyl (C=O) groups is 1. The van der Waals surface area contributed by atoms with Gasteiger partial charge in [0.15, 0.2) is 0 Å². The van der Waals surface area contributed by atoms with Crippen molar-refractivity contribution in [3.05, 3.63) is 29.6 Å². The van der Waals surface area contributed by atoms with Gasteiger partial charge in [-0.15, -0.1) is 0 Å². The third-order valence-electron chi connectivity index (χ3n) is 1.82. The molecule has 0 aliphatic carbocycles. The van der Waals surface area contributed by atoms with Gasteiger partial charge in [0, 0.05) is 12.7 Å². The molecule has 0 spiro atoms. The van der Waals surface area contributed by atoms with Gasteiger partial charge in [-0.2, -0.15) is 0 Å². The lowest BCUT2D eigenvalue weighted by molar-refractivity contribution is 0.203. The molecule has 1 rings (SSSR count). The molecule has 0 aliphatic rings. The number of rotatable bonds is 1. The maximum Gasteiger partial charge on any atom is 0.411 e. The largest absolute Gasteiger partial charge is 0.465 e. The van der Waals surface area contributed by atoms with Crippen molar-refractivity contribution in [3.8, 4) is 0 Å². The Morgan fingerprint density at radius 1 is 1.54 bits per heavy atom. The molecule has 0 saturated carbocycles. The van der Waals surface area contributed by atoms with Gasteiger partial charge in [0.25, 0.3) is 0 Å². The Bertz CT molecular complexity index is 338. The van der Waals surface area contributed by atoms with Crippen molar-refractivity contribution in [1.82, 2.24) is 0 Å². The predicted octanol–water partition coefficient (Wildman–Crippen LogP) is 2.25. The molecule has 13 heavy (non-hydrogen) atoms. The number of carboxylic acid groups (broad SMARTS) is 1. The van der Waals surface area contributed by atoms with E-state index in [2.05, 4.69) is 0 Å². The highest BCUT2D eigenvalue weighted by Crippen LogP contribution is 2.16. The molecule has 0 bridgehead atoms. The highest BCUT2D eigenvalue weighted by Gasteiger charge is 2.08. The summed E-state index contributed by atoms with van der Waals surface area (Å²) in [6.07, 6.45) is -1.06. The Labute approximate surface area is 75.4 Å². The molecular weight excluding hydrogens is 173 g/mol. The summed E-state index contributed by atoms with van der Waals surface area (Å²) in [5, 5.41) is 8.63. The van der Waals surface area contributed by atoms with Gasteiger partial charge in [0.2, 0.25) is 0 Å². The van der Waals surface area contributed by atoms with E-state index in [1.54, 1.807) is 6.92 Å². The van der Waals surface area contributed by atoms with Gasteiger partial charge in [0.1, 0.15) is 5.82 Å². The van der Waals surface area contributed by atoms with Crippen LogP contribution in [-0.4, -0.2) is 18.2 Å². The number of hydrogen-bond acceptors (Lipinski definition) is 1. The fourth-order valence-corrected chi connectivity index (χ4v) is 0.948. The monoisotopic (exact) mass is 183 g/mol. The average Bonchev–Trinajstić information content (AvgIpc) is 2.08. The number of anilines is 1. The first kappa shape index (κ1) is 9.51. The first-order valence-electron chi connectivity index (χ1n) is 3.75. The van der Waals surface area contributed by atoms with E-state index in [4.69, 9.17) is 5.11 Å². The van der Waals surface area contributed by atoms with Crippen LogP contribution >= 0.6 is 0 Å². The topological polar surface area (TPSA) is 40.5 Å². The molecule has 3 nitrogen and oxygen atoms in total. The average molecular weight is 183 g/mol. The van der Waals surface area contributed by atoms with Crippen molar-refractivity contribution in [2.75, 3.05) is 11.9 Å². The van der Waals surface area contributed by atoms with Crippen LogP contribution in [0.15, 0.2) is 18.2 Å². The molecule has 1 aromatic rings. The van der Waals surface area contributed by atoms with Gasteiger partial charge in [-0.05, 0) is 30.7 Å². The summed E-state index contributed by atoms with van der Waals surface area (Å²) < 4.78 is 12.8. The standard InChI is InChI=1S/C9H10FNO2/c1-6-5-7(3-4-8(6)10)11(2)9(12)13/h3-5H,1-2H3,(H,12,13). The van der Waals surface area contributed by atoms with Crippen LogP contribution in [0, 0.1) is 12.7 Å². The second-order valence-electron chi connectivity index (χ2n) is 2.78. The first-order valence-corrected chi connectivity index (χ1v) is 3.75. The van der Waals surface area contributed by atoms with E-state index >= 15 is 0 Å². The van der Waals surface area contributed by atoms with E-state index < -0.39 is 6.09 Å². The number of nitrogens with zero attached hydrogens (tertiary/aromatic N) is 1. The maximum atomic E-state index is 12.8. The van der Waals surface area contributed by atoms with Crippen LogP contribution in [-0.2, 0) is 0 Å². The van der Waals surface area contributed by atoms with Crippen molar-refractivity contribution < 1.29 is 14.3 Å². The summed E-state index contributed by atoms with van der Waals surface area (Å²) in [7, 11) is 1.41. The molecule has 0 unspecified atom stereocenters. The molecule has 0 radical (unpaired) electrons. The van der Waals surface area contributed by atoms with Crippen molar-refractivity contribution in [2.45, 2.75) is 6.92 Å². The minimum absolute atomic E-state index is 0.331. The molecule has 70 valence electrons. The first-order chi connectivity index (χ1) is 6.02. The number of benzene rings is 1. The van der Waals surface area contributed by atoms with Gasteiger partial charge in [-0.3, -0.25) is 4.90 Å². The number of hydrogen-bond donors (Lipinski definition) is 1. The second-order valence-corrected chi connectivity index (χ2v) is 2.78. The van der Waals surface area contributed by atoms with E-state index in [0.29, 0.717) is 11.3 Å². The van der Waals surface area contributed by atoms with Gasteiger partial charge in [-0.1, -0.05) is 0 Å². The van der Waals surface area contributed by atoms with E-state index in [0.717, 1.165) is 4.90 Å². The van der Waals surface area contributed by atoms with Gasteiger partial charge >= 0.3 is 6.09 Å². The predicted molar refractivity (Wildman–Crippen MR) is 47.6 cm³/mol. The SMILES string of the molecule is Cc1cc(N(C)C(=O)O)ccc1F. The zero-order valence-electron chi connectivity index (χ0n) is 7.41. The minimum atomic E-state index is -1.06. The quantitative estimate of drug-likeness (QED) is 0.725. The van der Waals surface area contributed by atoms with Crippen molar-refractivity contribution in [1.29, 1.82) is 0 Å². The number of amides is 1. The zero-order valence-corrected chi connectivity index (χ0v) is 7.41. The molecular formula is C9H10FNO2. The molecule has 1 aromatic carbocycles. The highest BCUT2D eigenvalue weighted by atomic mass is 19.1. The fraction of sp³-hybridized carbons (Fsp3) is 0.222. The Hall–Kier alpha value is -1.58. The second kappa shape index (κ2) is 3.43. The molecule has 0 saturated heterocycles. The number of halogens is 1. The van der Waals surface area contributed by atoms with E-state index in [-0.39, 0.29) is 5.82 Å². The lowest BCUT2D eigenvalue weighted by atomic mass is 10.2. The molecule has 0 heterocycles. The zero-order chi connectivity index (χ0) is 10.0. The molecule has 1 amide bonds. The summed E-state index contributed by atoms with van der Waals surface area (Å²) in [5.74, 6) is -0.331. The Balaban J connectivity index is 3.03. The third-order valence-corrected chi connectivity index (χ3v) is 1.82. The van der Waals surface area contributed by atoms with Crippen LogP contribution < -0.4 is 4.90 Å². The number of aryl methyl sites for hydroxylation is 1.